The van der Waals surface area contributed by atoms with Gasteiger partial charge < -0.3 is 29.5 Å². The number of hydrogen-bond acceptors (Lipinski definition) is 12. The summed E-state index contributed by atoms with van der Waals surface area (Å²) in [4.78, 5) is 50.2. The lowest BCUT2D eigenvalue weighted by molar-refractivity contribution is -0.0697. The standard InChI is InChI=1S/C26H20BrFN3O11P/c27-16-3-2-14(28)9-18(16)41-25(34)15-8-13-7-12(1-4-17(13)40-24(15)33)10-38-11-19-22(42-43(36)37)21(32)23(39-19)31-6-5-20(29)30-26(31)35/h1-9,19,21-23,32H,10-11H2,(H2-,29,30,35,36,37)/p+1/t19-,21-,22-,23-/m1/s1. The largest absolute Gasteiger partial charge is 0.695 e. The molecule has 14 nitrogen and oxygen atoms in total. The number of ether oxygens (including phenoxy) is 3. The van der Waals surface area contributed by atoms with Crippen LogP contribution in [-0.4, -0.2) is 50.4 Å². The fourth-order valence-corrected chi connectivity index (χ4v) is 5.14. The quantitative estimate of drug-likeness (QED) is 0.101. The van der Waals surface area contributed by atoms with E-state index in [1.165, 1.54) is 30.5 Å². The van der Waals surface area contributed by atoms with Gasteiger partial charge in [-0.25, -0.2) is 18.8 Å². The normalized spacial score (nSPS) is 20.3. The highest BCUT2D eigenvalue weighted by atomic mass is 79.9. The van der Waals surface area contributed by atoms with Crippen molar-refractivity contribution in [1.82, 2.24) is 9.55 Å². The van der Waals surface area contributed by atoms with E-state index in [4.69, 9.17) is 28.9 Å². The first-order valence-electron chi connectivity index (χ1n) is 12.3. The molecule has 0 amide bonds. The summed E-state index contributed by atoms with van der Waals surface area (Å²) in [5, 5.41) is 11.1. The zero-order valence-electron chi connectivity index (χ0n) is 21.7. The van der Waals surface area contributed by atoms with Crippen LogP contribution in [0.5, 0.6) is 5.75 Å². The van der Waals surface area contributed by atoms with Gasteiger partial charge in [0.15, 0.2) is 12.3 Å². The Bertz CT molecular complexity index is 1830. The van der Waals surface area contributed by atoms with Crippen LogP contribution in [0.4, 0.5) is 10.2 Å². The number of nitrogen functional groups attached to an aromatic ring is 1. The molecule has 1 aliphatic heterocycles. The molecule has 17 heteroatoms. The summed E-state index contributed by atoms with van der Waals surface area (Å²) in [5.74, 6) is -1.87. The first-order chi connectivity index (χ1) is 20.5. The molecule has 1 aliphatic rings. The minimum Gasteiger partial charge on any atom is -0.422 e. The number of benzene rings is 2. The molecule has 2 aromatic carbocycles. The van der Waals surface area contributed by atoms with Gasteiger partial charge in [-0.15, -0.1) is 9.42 Å². The van der Waals surface area contributed by atoms with Crippen LogP contribution >= 0.6 is 24.2 Å². The molecule has 224 valence electrons. The van der Waals surface area contributed by atoms with Gasteiger partial charge in [0.25, 0.3) is 0 Å². The number of nitrogens with zero attached hydrogens (tertiary/aromatic N) is 2. The average Bonchev–Trinajstić information content (AvgIpc) is 3.24. The SMILES string of the molecule is Nc1ccn([C@@H]2O[C@H](COCc3ccc4oc(=O)c(C(=O)Oc5cc(F)ccc5Br)cc4c3)[C@@H](O[P+](=O)O)[C@H]2O)c(=O)n1. The van der Waals surface area contributed by atoms with Crippen molar-refractivity contribution in [1.29, 1.82) is 0 Å². The fraction of sp³-hybridized carbons (Fsp3) is 0.231. The molecule has 1 saturated heterocycles. The van der Waals surface area contributed by atoms with Crippen molar-refractivity contribution in [2.45, 2.75) is 31.1 Å². The third kappa shape index (κ3) is 6.86. The number of hydrogen-bond donors (Lipinski definition) is 3. The molecule has 5 atom stereocenters. The molecular weight excluding hydrogens is 660 g/mol. The Balaban J connectivity index is 1.30. The van der Waals surface area contributed by atoms with E-state index in [1.54, 1.807) is 12.1 Å². The first kappa shape index (κ1) is 30.6. The number of nitrogens with two attached hydrogens (primary N) is 1. The predicted molar refractivity (Wildman–Crippen MR) is 149 cm³/mol. The number of aromatic nitrogens is 2. The maximum absolute atomic E-state index is 13.6. The number of aliphatic hydroxyl groups excluding tert-OH is 1. The number of esters is 1. The van der Waals surface area contributed by atoms with E-state index in [-0.39, 0.29) is 30.4 Å². The molecule has 0 bridgehead atoms. The third-order valence-electron chi connectivity index (χ3n) is 6.31. The summed E-state index contributed by atoms with van der Waals surface area (Å²) in [6.07, 6.45) is -3.98. The molecule has 3 heterocycles. The summed E-state index contributed by atoms with van der Waals surface area (Å²) >= 11 is 3.15. The van der Waals surface area contributed by atoms with Crippen molar-refractivity contribution in [2.75, 3.05) is 12.3 Å². The molecule has 0 spiro atoms. The molecule has 2 aromatic heterocycles. The molecule has 0 aliphatic carbocycles. The maximum atomic E-state index is 13.6. The summed E-state index contributed by atoms with van der Waals surface area (Å²) in [6, 6.07) is 10.7. The fourth-order valence-electron chi connectivity index (χ4n) is 4.35. The van der Waals surface area contributed by atoms with E-state index < -0.39 is 61.5 Å². The van der Waals surface area contributed by atoms with Crippen molar-refractivity contribution in [3.8, 4) is 5.75 Å². The van der Waals surface area contributed by atoms with Crippen molar-refractivity contribution in [2.24, 2.45) is 0 Å². The number of carbonyl (C=O) groups is 1. The highest BCUT2D eigenvalue weighted by Gasteiger charge is 2.50. The van der Waals surface area contributed by atoms with E-state index in [9.17, 15) is 33.3 Å². The Morgan fingerprint density at radius 1 is 1.19 bits per heavy atom. The van der Waals surface area contributed by atoms with Crippen molar-refractivity contribution in [3.05, 3.63) is 97.0 Å². The lowest BCUT2D eigenvalue weighted by Crippen LogP contribution is -2.37. The molecule has 4 aromatic rings. The number of aliphatic hydroxyl groups is 1. The van der Waals surface area contributed by atoms with Crippen molar-refractivity contribution in [3.63, 3.8) is 0 Å². The number of rotatable bonds is 9. The van der Waals surface area contributed by atoms with E-state index in [2.05, 4.69) is 20.9 Å². The van der Waals surface area contributed by atoms with E-state index >= 15 is 0 Å². The Morgan fingerprint density at radius 3 is 2.72 bits per heavy atom. The highest BCUT2D eigenvalue weighted by Crippen LogP contribution is 2.35. The highest BCUT2D eigenvalue weighted by molar-refractivity contribution is 9.10. The summed E-state index contributed by atoms with van der Waals surface area (Å²) in [7, 11) is -3.14. The van der Waals surface area contributed by atoms with Gasteiger partial charge in [0.05, 0.1) is 17.7 Å². The van der Waals surface area contributed by atoms with Gasteiger partial charge >= 0.3 is 25.5 Å². The van der Waals surface area contributed by atoms with Crippen LogP contribution in [0.3, 0.4) is 0 Å². The molecular formula is C26H21BrFN3O11P+. The van der Waals surface area contributed by atoms with Gasteiger partial charge in [-0.05, 0) is 57.9 Å². The van der Waals surface area contributed by atoms with E-state index in [0.29, 0.717) is 15.4 Å². The lowest BCUT2D eigenvalue weighted by Gasteiger charge is -2.16. The minimum atomic E-state index is -3.14. The molecule has 43 heavy (non-hydrogen) atoms. The first-order valence-corrected chi connectivity index (χ1v) is 14.3. The van der Waals surface area contributed by atoms with E-state index in [0.717, 1.165) is 16.7 Å². The van der Waals surface area contributed by atoms with Crippen LogP contribution in [0, 0.1) is 5.82 Å². The number of halogens is 2. The molecule has 0 radical (unpaired) electrons. The Hall–Kier alpha value is -3.89. The Morgan fingerprint density at radius 2 is 1.98 bits per heavy atom. The molecule has 5 rings (SSSR count). The Kier molecular flexibility index (Phi) is 9.08. The molecule has 4 N–H and O–H groups in total. The van der Waals surface area contributed by atoms with Gasteiger partial charge in [-0.3, -0.25) is 4.57 Å². The second-order valence-corrected chi connectivity index (χ2v) is 10.7. The lowest BCUT2D eigenvalue weighted by atomic mass is 10.1. The molecule has 0 saturated carbocycles. The summed E-state index contributed by atoms with van der Waals surface area (Å²) in [6.45, 7) is -0.284. The molecule has 1 fully saturated rings. The number of carbonyl (C=O) groups excluding carboxylic acids is 1. The van der Waals surface area contributed by atoms with Crippen LogP contribution in [0.15, 0.2) is 73.2 Å². The van der Waals surface area contributed by atoms with Gasteiger partial charge in [-0.1, -0.05) is 6.07 Å². The second-order valence-electron chi connectivity index (χ2n) is 9.20. The van der Waals surface area contributed by atoms with Gasteiger partial charge in [-0.2, -0.15) is 4.98 Å². The zero-order valence-corrected chi connectivity index (χ0v) is 24.1. The topological polar surface area (TPSA) is 203 Å². The van der Waals surface area contributed by atoms with Crippen molar-refractivity contribution < 1.29 is 46.9 Å². The number of anilines is 1. The zero-order chi connectivity index (χ0) is 30.8. The van der Waals surface area contributed by atoms with Crippen LogP contribution in [0.1, 0.15) is 22.1 Å². The van der Waals surface area contributed by atoms with Gasteiger partial charge in [0.2, 0.25) is 0 Å². The summed E-state index contributed by atoms with van der Waals surface area (Å²) < 4.78 is 53.0. The van der Waals surface area contributed by atoms with Crippen molar-refractivity contribution >= 4 is 46.9 Å². The molecule has 1 unspecified atom stereocenters. The van der Waals surface area contributed by atoms with Crippen LogP contribution in [0.2, 0.25) is 0 Å². The van der Waals surface area contributed by atoms with Gasteiger partial charge in [0, 0.05) is 22.2 Å². The summed E-state index contributed by atoms with van der Waals surface area (Å²) in [5.41, 5.74) is 4.05. The van der Waals surface area contributed by atoms with Crippen LogP contribution in [-0.2, 0) is 25.2 Å². The Labute approximate surface area is 249 Å². The minimum absolute atomic E-state index is 0.0433. The second kappa shape index (κ2) is 12.8. The monoisotopic (exact) mass is 680 g/mol. The van der Waals surface area contributed by atoms with E-state index in [1.807, 2.05) is 0 Å². The van der Waals surface area contributed by atoms with Gasteiger partial charge in [0.1, 0.15) is 40.7 Å². The number of fused-ring (bicyclic) bond motifs is 1. The van der Waals surface area contributed by atoms with Crippen LogP contribution < -0.4 is 21.8 Å². The third-order valence-corrected chi connectivity index (χ3v) is 7.39. The predicted octanol–water partition coefficient (Wildman–Crippen LogP) is 2.56. The maximum Gasteiger partial charge on any atom is 0.695 e. The van der Waals surface area contributed by atoms with Crippen LogP contribution in [0.25, 0.3) is 11.0 Å². The average molecular weight is 681 g/mol. The smallest absolute Gasteiger partial charge is 0.422 e.